The molecule has 0 N–H and O–H groups in total. The average molecular weight is 349 g/mol. The van der Waals surface area contributed by atoms with E-state index in [4.69, 9.17) is 0 Å². The van der Waals surface area contributed by atoms with Crippen LogP contribution >= 0.6 is 0 Å². The molecule has 0 aliphatic carbocycles. The van der Waals surface area contributed by atoms with E-state index in [1.165, 1.54) is 114 Å². The first-order valence-electron chi connectivity index (χ1n) is 11.4. The Morgan fingerprint density at radius 1 is 0.680 bits per heavy atom. The molecule has 1 aliphatic heterocycles. The molecule has 1 aliphatic rings. The molecule has 0 aromatic carbocycles. The number of nitrogens with zero attached hydrogens (tertiary/aromatic N) is 1. The number of hydrogen-bond donors (Lipinski definition) is 0. The van der Waals surface area contributed by atoms with Crippen molar-refractivity contribution in [3.8, 4) is 0 Å². The summed E-state index contributed by atoms with van der Waals surface area (Å²) in [7, 11) is 0. The average Bonchev–Trinajstić information content (AvgIpc) is 2.60. The molecule has 146 valence electrons. The SMILES string of the molecule is CCCCCCCCC[N+]1(CCCCCCCCC)C=CC=C(C)C1. The minimum atomic E-state index is 1.23. The standard InChI is InChI=1S/C24H46N/c1-4-6-8-10-12-14-16-20-25(22-18-19-24(3)23-25)21-17-15-13-11-9-7-5-2/h18-19,22H,4-17,20-21,23H2,1-3H3/q+1. The van der Waals surface area contributed by atoms with E-state index >= 15 is 0 Å². The molecule has 0 aromatic heterocycles. The topological polar surface area (TPSA) is 0 Å². The summed E-state index contributed by atoms with van der Waals surface area (Å²) in [6, 6.07) is 0. The van der Waals surface area contributed by atoms with Gasteiger partial charge in [0, 0.05) is 0 Å². The van der Waals surface area contributed by atoms with E-state index in [-0.39, 0.29) is 0 Å². The molecule has 0 unspecified atom stereocenters. The molecule has 1 heterocycles. The lowest BCUT2D eigenvalue weighted by atomic mass is 10.1. The van der Waals surface area contributed by atoms with E-state index in [1.807, 2.05) is 0 Å². The third kappa shape index (κ3) is 10.9. The summed E-state index contributed by atoms with van der Waals surface area (Å²) in [6.07, 6.45) is 27.0. The normalized spacial score (nSPS) is 16.2. The van der Waals surface area contributed by atoms with Gasteiger partial charge in [-0.05, 0) is 44.3 Å². The van der Waals surface area contributed by atoms with Crippen LogP contribution in [0.4, 0.5) is 0 Å². The lowest BCUT2D eigenvalue weighted by molar-refractivity contribution is -0.876. The van der Waals surface area contributed by atoms with Crippen molar-refractivity contribution in [1.29, 1.82) is 0 Å². The highest BCUT2D eigenvalue weighted by molar-refractivity contribution is 5.12. The first-order chi connectivity index (χ1) is 12.2. The van der Waals surface area contributed by atoms with E-state index in [0.717, 1.165) is 0 Å². The van der Waals surface area contributed by atoms with Gasteiger partial charge in [0.1, 0.15) is 6.54 Å². The fourth-order valence-electron chi connectivity index (χ4n) is 4.18. The molecule has 1 nitrogen and oxygen atoms in total. The highest BCUT2D eigenvalue weighted by atomic mass is 15.3. The van der Waals surface area contributed by atoms with Crippen molar-refractivity contribution in [3.63, 3.8) is 0 Å². The molecule has 25 heavy (non-hydrogen) atoms. The van der Waals surface area contributed by atoms with Crippen LogP contribution < -0.4 is 0 Å². The van der Waals surface area contributed by atoms with Crippen LogP contribution in [-0.4, -0.2) is 24.1 Å². The first-order valence-corrected chi connectivity index (χ1v) is 11.4. The van der Waals surface area contributed by atoms with Gasteiger partial charge >= 0.3 is 0 Å². The third-order valence-corrected chi connectivity index (χ3v) is 5.76. The Balaban J connectivity index is 2.25. The summed E-state index contributed by atoms with van der Waals surface area (Å²) in [5.41, 5.74) is 1.56. The summed E-state index contributed by atoms with van der Waals surface area (Å²) >= 11 is 0. The van der Waals surface area contributed by atoms with Crippen molar-refractivity contribution in [2.75, 3.05) is 19.6 Å². The second-order valence-electron chi connectivity index (χ2n) is 8.42. The van der Waals surface area contributed by atoms with Gasteiger partial charge in [0.05, 0.1) is 19.3 Å². The maximum absolute atomic E-state index is 2.50. The van der Waals surface area contributed by atoms with Crippen molar-refractivity contribution in [3.05, 3.63) is 23.9 Å². The van der Waals surface area contributed by atoms with Gasteiger partial charge in [-0.15, -0.1) is 0 Å². The molecule has 0 bridgehead atoms. The molecular weight excluding hydrogens is 302 g/mol. The third-order valence-electron chi connectivity index (χ3n) is 5.76. The van der Waals surface area contributed by atoms with Crippen molar-refractivity contribution in [1.82, 2.24) is 0 Å². The number of unbranched alkanes of at least 4 members (excludes halogenated alkanes) is 12. The van der Waals surface area contributed by atoms with E-state index in [2.05, 4.69) is 39.1 Å². The molecule has 0 radical (unpaired) electrons. The highest BCUT2D eigenvalue weighted by Crippen LogP contribution is 2.22. The van der Waals surface area contributed by atoms with Crippen molar-refractivity contribution in [2.24, 2.45) is 0 Å². The van der Waals surface area contributed by atoms with Crippen LogP contribution in [0.3, 0.4) is 0 Å². The highest BCUT2D eigenvalue weighted by Gasteiger charge is 2.26. The minimum Gasteiger partial charge on any atom is -0.294 e. The summed E-state index contributed by atoms with van der Waals surface area (Å²) in [5, 5.41) is 0. The van der Waals surface area contributed by atoms with Gasteiger partial charge in [0.15, 0.2) is 0 Å². The summed E-state index contributed by atoms with van der Waals surface area (Å²) in [6.45, 7) is 10.9. The molecule has 0 spiro atoms. The fraction of sp³-hybridized carbons (Fsp3) is 0.833. The zero-order valence-electron chi connectivity index (χ0n) is 17.7. The van der Waals surface area contributed by atoms with E-state index in [9.17, 15) is 0 Å². The van der Waals surface area contributed by atoms with Gasteiger partial charge in [0.25, 0.3) is 0 Å². The van der Waals surface area contributed by atoms with Gasteiger partial charge < -0.3 is 0 Å². The number of rotatable bonds is 16. The fourth-order valence-corrected chi connectivity index (χ4v) is 4.18. The van der Waals surface area contributed by atoms with Crippen molar-refractivity contribution >= 4 is 0 Å². The van der Waals surface area contributed by atoms with Crippen LogP contribution in [0.5, 0.6) is 0 Å². The number of quaternary nitrogens is 1. The maximum Gasteiger partial charge on any atom is 0.105 e. The van der Waals surface area contributed by atoms with Crippen LogP contribution in [0, 0.1) is 0 Å². The molecule has 0 saturated heterocycles. The lowest BCUT2D eigenvalue weighted by Crippen LogP contribution is -2.46. The predicted molar refractivity (Wildman–Crippen MR) is 114 cm³/mol. The Labute approximate surface area is 159 Å². The largest absolute Gasteiger partial charge is 0.294 e. The second kappa shape index (κ2) is 14.6. The van der Waals surface area contributed by atoms with Crippen LogP contribution in [0.25, 0.3) is 0 Å². The molecule has 0 saturated carbocycles. The van der Waals surface area contributed by atoms with Crippen LogP contribution in [-0.2, 0) is 0 Å². The van der Waals surface area contributed by atoms with Gasteiger partial charge in [-0.3, -0.25) is 4.48 Å². The van der Waals surface area contributed by atoms with Crippen molar-refractivity contribution in [2.45, 2.75) is 111 Å². The summed E-state index contributed by atoms with van der Waals surface area (Å²) in [5.74, 6) is 0. The minimum absolute atomic E-state index is 1.23. The number of allylic oxidation sites excluding steroid dienone is 2. The second-order valence-corrected chi connectivity index (χ2v) is 8.42. The van der Waals surface area contributed by atoms with E-state index in [1.54, 1.807) is 5.57 Å². The zero-order valence-corrected chi connectivity index (χ0v) is 17.7. The monoisotopic (exact) mass is 348 g/mol. The Bertz CT molecular complexity index is 348. The predicted octanol–water partition coefficient (Wildman–Crippen LogP) is 7.78. The van der Waals surface area contributed by atoms with Crippen LogP contribution in [0.2, 0.25) is 0 Å². The van der Waals surface area contributed by atoms with E-state index < -0.39 is 0 Å². The summed E-state index contributed by atoms with van der Waals surface area (Å²) < 4.78 is 1.23. The van der Waals surface area contributed by atoms with Gasteiger partial charge in [-0.25, -0.2) is 0 Å². The lowest BCUT2D eigenvalue weighted by Gasteiger charge is -2.37. The first kappa shape index (κ1) is 22.5. The molecule has 1 heteroatoms. The Hall–Kier alpha value is -0.560. The summed E-state index contributed by atoms with van der Waals surface area (Å²) in [4.78, 5) is 0. The molecule has 0 amide bonds. The number of hydrogen-bond acceptors (Lipinski definition) is 0. The maximum atomic E-state index is 2.50. The molecule has 0 atom stereocenters. The van der Waals surface area contributed by atoms with E-state index in [0.29, 0.717) is 0 Å². The zero-order chi connectivity index (χ0) is 18.2. The molecular formula is C24H46N+. The smallest absolute Gasteiger partial charge is 0.105 e. The Kier molecular flexibility index (Phi) is 13.1. The van der Waals surface area contributed by atoms with Gasteiger partial charge in [-0.2, -0.15) is 0 Å². The Morgan fingerprint density at radius 2 is 1.12 bits per heavy atom. The molecule has 1 rings (SSSR count). The van der Waals surface area contributed by atoms with Crippen LogP contribution in [0.1, 0.15) is 111 Å². The van der Waals surface area contributed by atoms with Crippen molar-refractivity contribution < 1.29 is 4.48 Å². The van der Waals surface area contributed by atoms with Crippen LogP contribution in [0.15, 0.2) is 23.9 Å². The molecule has 0 fully saturated rings. The van der Waals surface area contributed by atoms with Gasteiger partial charge in [0.2, 0.25) is 0 Å². The molecule has 0 aromatic rings. The Morgan fingerprint density at radius 3 is 1.56 bits per heavy atom. The van der Waals surface area contributed by atoms with Gasteiger partial charge in [-0.1, -0.05) is 84.1 Å². The quantitative estimate of drug-likeness (QED) is 0.197.